The largest absolute Gasteiger partial charge is 0.493 e. The van der Waals surface area contributed by atoms with E-state index in [1.165, 1.54) is 7.11 Å². The molecule has 0 spiro atoms. The Morgan fingerprint density at radius 3 is 2.80 bits per heavy atom. The van der Waals surface area contributed by atoms with E-state index in [2.05, 4.69) is 15.9 Å². The smallest absolute Gasteiger partial charge is 0.338 e. The zero-order valence-electron chi connectivity index (χ0n) is 13.6. The van der Waals surface area contributed by atoms with E-state index in [4.69, 9.17) is 23.7 Å². The maximum atomic E-state index is 12.2. The number of ether oxygens (including phenoxy) is 5. The van der Waals surface area contributed by atoms with Crippen molar-refractivity contribution in [3.05, 3.63) is 46.4 Å². The highest BCUT2D eigenvalue weighted by Crippen LogP contribution is 2.40. The molecule has 0 bridgehead atoms. The molecule has 0 saturated carbocycles. The van der Waals surface area contributed by atoms with Gasteiger partial charge in [0.2, 0.25) is 5.75 Å². The molecule has 132 valence electrons. The number of benzene rings is 2. The van der Waals surface area contributed by atoms with Crippen molar-refractivity contribution in [2.75, 3.05) is 33.5 Å². The van der Waals surface area contributed by atoms with Crippen LogP contribution in [0, 0.1) is 0 Å². The normalized spacial score (nSPS) is 12.4. The number of halogens is 1. The van der Waals surface area contributed by atoms with E-state index in [1.54, 1.807) is 12.1 Å². The van der Waals surface area contributed by atoms with E-state index in [0.717, 1.165) is 4.47 Å². The number of carbonyl (C=O) groups is 1. The molecule has 0 atom stereocenters. The molecule has 2 aromatic carbocycles. The van der Waals surface area contributed by atoms with Gasteiger partial charge < -0.3 is 23.7 Å². The molecular formula is C18H17BrO6. The van der Waals surface area contributed by atoms with Crippen LogP contribution in [0.15, 0.2) is 40.9 Å². The first-order valence-corrected chi connectivity index (χ1v) is 8.50. The van der Waals surface area contributed by atoms with Gasteiger partial charge in [0.15, 0.2) is 11.5 Å². The van der Waals surface area contributed by atoms with Crippen LogP contribution in [-0.4, -0.2) is 39.5 Å². The van der Waals surface area contributed by atoms with Crippen LogP contribution in [0.4, 0.5) is 0 Å². The molecule has 0 saturated heterocycles. The van der Waals surface area contributed by atoms with Crippen LogP contribution in [-0.2, 0) is 4.74 Å². The van der Waals surface area contributed by atoms with E-state index >= 15 is 0 Å². The first-order valence-electron chi connectivity index (χ1n) is 7.70. The van der Waals surface area contributed by atoms with Gasteiger partial charge in [0.05, 0.1) is 12.7 Å². The molecular weight excluding hydrogens is 392 g/mol. The minimum absolute atomic E-state index is 0.127. The fourth-order valence-electron chi connectivity index (χ4n) is 2.32. The fourth-order valence-corrected chi connectivity index (χ4v) is 2.70. The summed E-state index contributed by atoms with van der Waals surface area (Å²) >= 11 is 3.37. The van der Waals surface area contributed by atoms with E-state index in [1.807, 2.05) is 24.3 Å². The lowest BCUT2D eigenvalue weighted by Crippen LogP contribution is -2.17. The van der Waals surface area contributed by atoms with Gasteiger partial charge >= 0.3 is 5.97 Å². The second kappa shape index (κ2) is 8.11. The van der Waals surface area contributed by atoms with Gasteiger partial charge in [0, 0.05) is 4.47 Å². The monoisotopic (exact) mass is 408 g/mol. The van der Waals surface area contributed by atoms with Crippen molar-refractivity contribution >= 4 is 21.9 Å². The average Bonchev–Trinajstić information content (AvgIpc) is 2.64. The number of carbonyl (C=O) groups excluding carboxylic acids is 1. The summed E-state index contributed by atoms with van der Waals surface area (Å²) in [6.07, 6.45) is 0. The van der Waals surface area contributed by atoms with Gasteiger partial charge in [0.1, 0.15) is 32.2 Å². The third-order valence-electron chi connectivity index (χ3n) is 3.44. The van der Waals surface area contributed by atoms with Crippen molar-refractivity contribution in [1.82, 2.24) is 0 Å². The Labute approximate surface area is 153 Å². The minimum atomic E-state index is -0.479. The van der Waals surface area contributed by atoms with Crippen LogP contribution in [0.3, 0.4) is 0 Å². The summed E-state index contributed by atoms with van der Waals surface area (Å²) in [5, 5.41) is 0. The average molecular weight is 409 g/mol. The molecule has 1 heterocycles. The van der Waals surface area contributed by atoms with E-state index in [9.17, 15) is 4.79 Å². The Balaban J connectivity index is 1.58. The lowest BCUT2D eigenvalue weighted by molar-refractivity contribution is 0.0449. The molecule has 1 aliphatic heterocycles. The predicted molar refractivity (Wildman–Crippen MR) is 93.9 cm³/mol. The van der Waals surface area contributed by atoms with Crippen molar-refractivity contribution in [2.24, 2.45) is 0 Å². The second-order valence-corrected chi connectivity index (χ2v) is 6.06. The summed E-state index contributed by atoms with van der Waals surface area (Å²) in [4.78, 5) is 12.2. The van der Waals surface area contributed by atoms with Crippen molar-refractivity contribution in [2.45, 2.75) is 0 Å². The standard InChI is InChI=1S/C18H17BrO6/c1-21-15-9-12(10-16-17(15)24-7-6-23-16)18(20)25-8-5-22-14-4-2-3-13(19)11-14/h2-4,9-11H,5-8H2,1H3. The van der Waals surface area contributed by atoms with Gasteiger partial charge in [-0.3, -0.25) is 0 Å². The summed E-state index contributed by atoms with van der Waals surface area (Å²) < 4.78 is 28.0. The molecule has 1 aliphatic rings. The molecule has 25 heavy (non-hydrogen) atoms. The molecule has 6 nitrogen and oxygen atoms in total. The van der Waals surface area contributed by atoms with E-state index in [-0.39, 0.29) is 13.2 Å². The fraction of sp³-hybridized carbons (Fsp3) is 0.278. The van der Waals surface area contributed by atoms with Crippen molar-refractivity contribution in [3.63, 3.8) is 0 Å². The Bertz CT molecular complexity index is 744. The van der Waals surface area contributed by atoms with Crippen molar-refractivity contribution in [3.8, 4) is 23.0 Å². The number of esters is 1. The van der Waals surface area contributed by atoms with Crippen LogP contribution in [0.1, 0.15) is 10.4 Å². The van der Waals surface area contributed by atoms with Crippen LogP contribution in [0.5, 0.6) is 23.0 Å². The quantitative estimate of drug-likeness (QED) is 0.538. The Hall–Kier alpha value is -2.41. The van der Waals surface area contributed by atoms with Crippen LogP contribution >= 0.6 is 15.9 Å². The third kappa shape index (κ3) is 4.36. The minimum Gasteiger partial charge on any atom is -0.493 e. The first-order chi connectivity index (χ1) is 12.2. The Kier molecular flexibility index (Phi) is 5.65. The van der Waals surface area contributed by atoms with Gasteiger partial charge in [-0.25, -0.2) is 4.79 Å². The highest BCUT2D eigenvalue weighted by Gasteiger charge is 2.21. The molecule has 2 aromatic rings. The van der Waals surface area contributed by atoms with Crippen molar-refractivity contribution < 1.29 is 28.5 Å². The number of rotatable bonds is 6. The SMILES string of the molecule is COc1cc(C(=O)OCCOc2cccc(Br)c2)cc2c1OCCO2. The first kappa shape index (κ1) is 17.4. The number of hydrogen-bond donors (Lipinski definition) is 0. The maximum absolute atomic E-state index is 12.2. The summed E-state index contributed by atoms with van der Waals surface area (Å²) in [5.41, 5.74) is 0.337. The van der Waals surface area contributed by atoms with Gasteiger partial charge in [-0.2, -0.15) is 0 Å². The van der Waals surface area contributed by atoms with E-state index < -0.39 is 5.97 Å². The second-order valence-electron chi connectivity index (χ2n) is 5.14. The van der Waals surface area contributed by atoms with Gasteiger partial charge in [-0.1, -0.05) is 22.0 Å². The Morgan fingerprint density at radius 2 is 2.00 bits per heavy atom. The zero-order valence-corrected chi connectivity index (χ0v) is 15.2. The molecule has 0 unspecified atom stereocenters. The van der Waals surface area contributed by atoms with Crippen molar-refractivity contribution in [1.29, 1.82) is 0 Å². The highest BCUT2D eigenvalue weighted by atomic mass is 79.9. The summed E-state index contributed by atoms with van der Waals surface area (Å²) in [7, 11) is 1.51. The molecule has 3 rings (SSSR count). The van der Waals surface area contributed by atoms with Crippen LogP contribution in [0.2, 0.25) is 0 Å². The third-order valence-corrected chi connectivity index (χ3v) is 3.94. The predicted octanol–water partition coefficient (Wildman–Crippen LogP) is 3.46. The Morgan fingerprint density at radius 1 is 1.16 bits per heavy atom. The lowest BCUT2D eigenvalue weighted by atomic mass is 10.1. The van der Waals surface area contributed by atoms with Gasteiger partial charge in [-0.05, 0) is 30.3 Å². The van der Waals surface area contributed by atoms with Crippen LogP contribution in [0.25, 0.3) is 0 Å². The summed E-state index contributed by atoms with van der Waals surface area (Å²) in [5.74, 6) is 1.64. The molecule has 7 heteroatoms. The zero-order chi connectivity index (χ0) is 17.6. The van der Waals surface area contributed by atoms with Crippen LogP contribution < -0.4 is 18.9 Å². The van der Waals surface area contributed by atoms with Gasteiger partial charge in [0.25, 0.3) is 0 Å². The number of hydrogen-bond acceptors (Lipinski definition) is 6. The molecule has 0 aliphatic carbocycles. The van der Waals surface area contributed by atoms with E-state index in [0.29, 0.717) is 41.8 Å². The topological polar surface area (TPSA) is 63.2 Å². The number of methoxy groups -OCH3 is 1. The molecule has 0 N–H and O–H groups in total. The summed E-state index contributed by atoms with van der Waals surface area (Å²) in [6.45, 7) is 1.25. The number of fused-ring (bicyclic) bond motifs is 1. The maximum Gasteiger partial charge on any atom is 0.338 e. The molecule has 0 aromatic heterocycles. The highest BCUT2D eigenvalue weighted by molar-refractivity contribution is 9.10. The lowest BCUT2D eigenvalue weighted by Gasteiger charge is -2.21. The molecule has 0 radical (unpaired) electrons. The summed E-state index contributed by atoms with van der Waals surface area (Å²) in [6, 6.07) is 10.6. The molecule has 0 amide bonds. The van der Waals surface area contributed by atoms with Gasteiger partial charge in [-0.15, -0.1) is 0 Å². The molecule has 0 fully saturated rings.